The lowest BCUT2D eigenvalue weighted by atomic mass is 10.1. The summed E-state index contributed by atoms with van der Waals surface area (Å²) in [5.41, 5.74) is 15.8. The molecule has 0 saturated carbocycles. The predicted octanol–water partition coefficient (Wildman–Crippen LogP) is 1.81. The zero-order valence-electron chi connectivity index (χ0n) is 9.99. The summed E-state index contributed by atoms with van der Waals surface area (Å²) in [4.78, 5) is 16.4. The Kier molecular flexibility index (Phi) is 3.82. The lowest BCUT2D eigenvalue weighted by Gasteiger charge is -2.19. The molecule has 1 atom stereocenters. The van der Waals surface area contributed by atoms with E-state index in [1.165, 1.54) is 0 Å². The molecule has 18 heavy (non-hydrogen) atoms. The van der Waals surface area contributed by atoms with Crippen molar-refractivity contribution in [2.75, 3.05) is 18.0 Å². The lowest BCUT2D eigenvalue weighted by molar-refractivity contribution is -0.117. The first kappa shape index (κ1) is 12.4. The average molecular weight is 245 g/mol. The molecule has 0 aromatic heterocycles. The molecule has 0 bridgehead atoms. The fraction of sp³-hybridized carbons (Fsp3) is 0.417. The van der Waals surface area contributed by atoms with Crippen LogP contribution in [0.3, 0.4) is 0 Å². The number of nitrogens with zero attached hydrogens (tertiary/aromatic N) is 4. The molecule has 1 heterocycles. The van der Waals surface area contributed by atoms with E-state index in [0.717, 1.165) is 11.3 Å². The van der Waals surface area contributed by atoms with Crippen LogP contribution in [0.2, 0.25) is 0 Å². The topological polar surface area (TPSA) is 95.1 Å². The van der Waals surface area contributed by atoms with Gasteiger partial charge in [0.05, 0.1) is 0 Å². The number of carbonyl (C=O) groups excluding carboxylic acids is 1. The molecule has 1 fully saturated rings. The first-order valence-corrected chi connectivity index (χ1v) is 5.85. The van der Waals surface area contributed by atoms with E-state index in [1.54, 1.807) is 4.90 Å². The minimum Gasteiger partial charge on any atom is -0.326 e. The summed E-state index contributed by atoms with van der Waals surface area (Å²) in [6.07, 6.45) is 0.428. The van der Waals surface area contributed by atoms with Gasteiger partial charge in [-0.1, -0.05) is 23.3 Å². The van der Waals surface area contributed by atoms with Gasteiger partial charge in [0.25, 0.3) is 0 Å². The van der Waals surface area contributed by atoms with Crippen molar-refractivity contribution in [1.29, 1.82) is 0 Å². The number of hydrogen-bond donors (Lipinski definition) is 1. The summed E-state index contributed by atoms with van der Waals surface area (Å²) in [5.74, 6) is 0.160. The van der Waals surface area contributed by atoms with E-state index in [-0.39, 0.29) is 11.8 Å². The second kappa shape index (κ2) is 5.53. The van der Waals surface area contributed by atoms with Crippen LogP contribution in [0.1, 0.15) is 12.0 Å². The van der Waals surface area contributed by atoms with E-state index in [0.29, 0.717) is 26.1 Å². The molecule has 1 amide bonds. The van der Waals surface area contributed by atoms with Crippen LogP contribution < -0.4 is 10.6 Å². The minimum atomic E-state index is 0.0639. The number of carbonyl (C=O) groups is 1. The maximum Gasteiger partial charge on any atom is 0.227 e. The quantitative estimate of drug-likeness (QED) is 0.497. The lowest BCUT2D eigenvalue weighted by Crippen LogP contribution is -2.26. The first-order chi connectivity index (χ1) is 8.76. The Morgan fingerprint density at radius 2 is 2.28 bits per heavy atom. The van der Waals surface area contributed by atoms with Gasteiger partial charge in [-0.3, -0.25) is 4.79 Å². The van der Waals surface area contributed by atoms with Gasteiger partial charge in [-0.05, 0) is 23.1 Å². The van der Waals surface area contributed by atoms with Crippen molar-refractivity contribution in [1.82, 2.24) is 0 Å². The molecule has 2 N–H and O–H groups in total. The molecule has 94 valence electrons. The molecule has 1 aromatic rings. The second-order valence-corrected chi connectivity index (χ2v) is 4.32. The number of amides is 1. The number of para-hydroxylation sites is 1. The summed E-state index contributed by atoms with van der Waals surface area (Å²) in [7, 11) is 0. The third kappa shape index (κ3) is 2.45. The first-order valence-electron chi connectivity index (χ1n) is 5.85. The third-order valence-electron chi connectivity index (χ3n) is 3.11. The maximum atomic E-state index is 12.0. The van der Waals surface area contributed by atoms with Crippen molar-refractivity contribution >= 4 is 11.6 Å². The van der Waals surface area contributed by atoms with Gasteiger partial charge in [-0.15, -0.1) is 0 Å². The van der Waals surface area contributed by atoms with Crippen LogP contribution in [0.25, 0.3) is 10.4 Å². The Morgan fingerprint density at radius 1 is 1.50 bits per heavy atom. The highest BCUT2D eigenvalue weighted by molar-refractivity contribution is 5.96. The number of hydrogen-bond acceptors (Lipinski definition) is 3. The van der Waals surface area contributed by atoms with Gasteiger partial charge in [0.15, 0.2) is 0 Å². The van der Waals surface area contributed by atoms with Gasteiger partial charge in [-0.2, -0.15) is 0 Å². The molecule has 1 aromatic carbocycles. The van der Waals surface area contributed by atoms with Crippen LogP contribution in [0.15, 0.2) is 29.4 Å². The molecule has 6 heteroatoms. The largest absolute Gasteiger partial charge is 0.326 e. The monoisotopic (exact) mass is 245 g/mol. The molecule has 0 aliphatic carbocycles. The van der Waals surface area contributed by atoms with Crippen molar-refractivity contribution in [2.45, 2.75) is 13.0 Å². The van der Waals surface area contributed by atoms with E-state index in [4.69, 9.17) is 11.3 Å². The Bertz CT molecular complexity index is 495. The molecular weight excluding hydrogens is 230 g/mol. The Balaban J connectivity index is 2.18. The minimum absolute atomic E-state index is 0.0639. The van der Waals surface area contributed by atoms with Crippen molar-refractivity contribution in [2.24, 2.45) is 16.8 Å². The zero-order chi connectivity index (χ0) is 13.0. The number of nitrogens with two attached hydrogens (primary N) is 1. The van der Waals surface area contributed by atoms with Gasteiger partial charge in [0, 0.05) is 36.7 Å². The summed E-state index contributed by atoms with van der Waals surface area (Å²) < 4.78 is 0. The van der Waals surface area contributed by atoms with Gasteiger partial charge < -0.3 is 10.6 Å². The second-order valence-electron chi connectivity index (χ2n) is 4.32. The Morgan fingerprint density at radius 3 is 3.00 bits per heavy atom. The van der Waals surface area contributed by atoms with E-state index >= 15 is 0 Å². The fourth-order valence-electron chi connectivity index (χ4n) is 2.24. The predicted molar refractivity (Wildman–Crippen MR) is 68.8 cm³/mol. The van der Waals surface area contributed by atoms with E-state index in [1.807, 2.05) is 24.3 Å². The SMILES string of the molecule is [N-]=[N+]=NCC1CC(=O)N(c2ccccc2CN)C1. The van der Waals surface area contributed by atoms with E-state index in [9.17, 15) is 4.79 Å². The summed E-state index contributed by atoms with van der Waals surface area (Å²) in [5, 5.41) is 3.54. The van der Waals surface area contributed by atoms with Crippen LogP contribution in [-0.4, -0.2) is 19.0 Å². The number of anilines is 1. The van der Waals surface area contributed by atoms with Crippen molar-refractivity contribution in [3.63, 3.8) is 0 Å². The van der Waals surface area contributed by atoms with E-state index < -0.39 is 0 Å². The molecular formula is C12H15N5O. The van der Waals surface area contributed by atoms with Crippen LogP contribution in [0, 0.1) is 5.92 Å². The summed E-state index contributed by atoms with van der Waals surface area (Å²) in [6, 6.07) is 7.62. The molecule has 1 aliphatic heterocycles. The van der Waals surface area contributed by atoms with Crippen LogP contribution in [0.4, 0.5) is 5.69 Å². The smallest absolute Gasteiger partial charge is 0.227 e. The molecule has 1 aliphatic rings. The summed E-state index contributed by atoms with van der Waals surface area (Å²) >= 11 is 0. The van der Waals surface area contributed by atoms with Crippen LogP contribution in [0.5, 0.6) is 0 Å². The van der Waals surface area contributed by atoms with Crippen molar-refractivity contribution in [3.05, 3.63) is 40.3 Å². The van der Waals surface area contributed by atoms with Crippen molar-refractivity contribution in [3.8, 4) is 0 Å². The molecule has 0 spiro atoms. The highest BCUT2D eigenvalue weighted by Crippen LogP contribution is 2.28. The highest BCUT2D eigenvalue weighted by atomic mass is 16.2. The van der Waals surface area contributed by atoms with Crippen molar-refractivity contribution < 1.29 is 4.79 Å². The Labute approximate surface area is 105 Å². The average Bonchev–Trinajstić information content (AvgIpc) is 2.77. The van der Waals surface area contributed by atoms with Gasteiger partial charge in [0.1, 0.15) is 0 Å². The zero-order valence-corrected chi connectivity index (χ0v) is 9.99. The number of rotatable bonds is 4. The van der Waals surface area contributed by atoms with Crippen LogP contribution >= 0.6 is 0 Å². The fourth-order valence-corrected chi connectivity index (χ4v) is 2.24. The number of benzene rings is 1. The molecule has 2 rings (SSSR count). The highest BCUT2D eigenvalue weighted by Gasteiger charge is 2.30. The number of azide groups is 1. The standard InChI is InChI=1S/C12H15N5O/c13-6-10-3-1-2-4-11(10)17-8-9(5-12(17)18)7-15-16-14/h1-4,9H,5-8,13H2. The van der Waals surface area contributed by atoms with E-state index in [2.05, 4.69) is 10.0 Å². The molecule has 6 nitrogen and oxygen atoms in total. The summed E-state index contributed by atoms with van der Waals surface area (Å²) in [6.45, 7) is 1.36. The normalized spacial score (nSPS) is 18.8. The third-order valence-corrected chi connectivity index (χ3v) is 3.11. The van der Waals surface area contributed by atoms with Gasteiger partial charge in [-0.25, -0.2) is 0 Å². The maximum absolute atomic E-state index is 12.0. The molecule has 0 radical (unpaired) electrons. The molecule has 1 saturated heterocycles. The van der Waals surface area contributed by atoms with Gasteiger partial charge >= 0.3 is 0 Å². The van der Waals surface area contributed by atoms with Crippen LogP contribution in [-0.2, 0) is 11.3 Å². The Hall–Kier alpha value is -2.04. The molecule has 1 unspecified atom stereocenters. The van der Waals surface area contributed by atoms with Gasteiger partial charge in [0.2, 0.25) is 5.91 Å².